The zero-order valence-electron chi connectivity index (χ0n) is 21.6. The molecule has 2 aromatic rings. The fourth-order valence-electron chi connectivity index (χ4n) is 6.56. The van der Waals surface area contributed by atoms with E-state index in [1.165, 1.54) is 18.4 Å². The molecule has 0 radical (unpaired) electrons. The van der Waals surface area contributed by atoms with Crippen molar-refractivity contribution in [3.8, 4) is 11.1 Å². The van der Waals surface area contributed by atoms with Gasteiger partial charge in [-0.05, 0) is 61.1 Å². The number of nitrogens with zero attached hydrogens (tertiary/aromatic N) is 3. The largest absolute Gasteiger partial charge is 0.395 e. The third kappa shape index (κ3) is 4.81. The van der Waals surface area contributed by atoms with Crippen LogP contribution in [-0.4, -0.2) is 84.0 Å². The Morgan fingerprint density at radius 1 is 0.944 bits per heavy atom. The molecule has 3 fully saturated rings. The Morgan fingerprint density at radius 3 is 2.36 bits per heavy atom. The van der Waals surface area contributed by atoms with Crippen molar-refractivity contribution >= 4 is 11.8 Å². The van der Waals surface area contributed by atoms with Crippen molar-refractivity contribution in [3.63, 3.8) is 0 Å². The van der Waals surface area contributed by atoms with Gasteiger partial charge in [0.25, 0.3) is 5.91 Å². The summed E-state index contributed by atoms with van der Waals surface area (Å²) in [5, 5.41) is 10.3. The highest BCUT2D eigenvalue weighted by atomic mass is 16.3. The second-order valence-electron chi connectivity index (χ2n) is 11.0. The molecule has 1 saturated carbocycles. The lowest BCUT2D eigenvalue weighted by atomic mass is 9.74. The Kier molecular flexibility index (Phi) is 7.44. The summed E-state index contributed by atoms with van der Waals surface area (Å²) in [6.07, 6.45) is 6.52. The highest BCUT2D eigenvalue weighted by molar-refractivity contribution is 5.95. The van der Waals surface area contributed by atoms with Crippen molar-refractivity contribution in [1.29, 1.82) is 0 Å². The topological polar surface area (TPSA) is 64.1 Å². The van der Waals surface area contributed by atoms with Crippen LogP contribution in [0.5, 0.6) is 0 Å². The quantitative estimate of drug-likeness (QED) is 0.690. The predicted molar refractivity (Wildman–Crippen MR) is 142 cm³/mol. The van der Waals surface area contributed by atoms with E-state index in [-0.39, 0.29) is 36.4 Å². The summed E-state index contributed by atoms with van der Waals surface area (Å²) in [4.78, 5) is 31.8. The van der Waals surface area contributed by atoms with Crippen molar-refractivity contribution in [2.75, 3.05) is 40.3 Å². The van der Waals surface area contributed by atoms with Crippen molar-refractivity contribution in [3.05, 3.63) is 59.7 Å². The third-order valence-electron chi connectivity index (χ3n) is 8.53. The summed E-state index contributed by atoms with van der Waals surface area (Å²) in [5.74, 6) is 0.764. The number of hydrogen-bond donors (Lipinski definition) is 1. The van der Waals surface area contributed by atoms with Crippen LogP contribution in [-0.2, 0) is 4.79 Å². The molecule has 0 bridgehead atoms. The Bertz CT molecular complexity index is 1080. The normalized spacial score (nSPS) is 25.0. The van der Waals surface area contributed by atoms with Crippen LogP contribution < -0.4 is 0 Å². The minimum Gasteiger partial charge on any atom is -0.395 e. The van der Waals surface area contributed by atoms with E-state index >= 15 is 0 Å². The molecule has 3 aliphatic rings. The fourth-order valence-corrected chi connectivity index (χ4v) is 6.56. The minimum atomic E-state index is -0.00481. The van der Waals surface area contributed by atoms with E-state index in [0.29, 0.717) is 11.5 Å². The first-order valence-electron chi connectivity index (χ1n) is 13.6. The van der Waals surface area contributed by atoms with Crippen molar-refractivity contribution in [1.82, 2.24) is 14.7 Å². The highest BCUT2D eigenvalue weighted by Gasteiger charge is 2.49. The monoisotopic (exact) mass is 489 g/mol. The summed E-state index contributed by atoms with van der Waals surface area (Å²) in [5.41, 5.74) is 3.98. The average molecular weight is 490 g/mol. The lowest BCUT2D eigenvalue weighted by molar-refractivity contribution is -0.140. The van der Waals surface area contributed by atoms with Gasteiger partial charge >= 0.3 is 0 Å². The second kappa shape index (κ2) is 10.7. The molecule has 3 atom stereocenters. The lowest BCUT2D eigenvalue weighted by Gasteiger charge is -2.57. The van der Waals surface area contributed by atoms with Gasteiger partial charge in [-0.2, -0.15) is 0 Å². The molecule has 2 amide bonds. The second-order valence-corrected chi connectivity index (χ2v) is 11.0. The molecular formula is C30H39N3O3. The van der Waals surface area contributed by atoms with Crippen LogP contribution in [0.25, 0.3) is 11.1 Å². The van der Waals surface area contributed by atoms with Gasteiger partial charge in [0, 0.05) is 56.7 Å². The first-order chi connectivity index (χ1) is 17.5. The fraction of sp³-hybridized carbons (Fsp3) is 0.533. The van der Waals surface area contributed by atoms with Crippen LogP contribution in [0.3, 0.4) is 0 Å². The maximum atomic E-state index is 13.3. The maximum absolute atomic E-state index is 13.3. The number of hydrogen-bond acceptors (Lipinski definition) is 4. The first kappa shape index (κ1) is 25.0. The number of aliphatic hydroxyl groups is 1. The van der Waals surface area contributed by atoms with E-state index in [1.807, 2.05) is 24.3 Å². The number of benzene rings is 2. The molecule has 192 valence electrons. The molecule has 2 saturated heterocycles. The number of fused-ring (bicyclic) bond motifs is 1. The zero-order chi connectivity index (χ0) is 25.2. The lowest BCUT2D eigenvalue weighted by Crippen LogP contribution is -2.68. The molecule has 1 aliphatic carbocycles. The first-order valence-corrected chi connectivity index (χ1v) is 13.6. The molecule has 2 aliphatic heterocycles. The van der Waals surface area contributed by atoms with Gasteiger partial charge in [-0.25, -0.2) is 0 Å². The van der Waals surface area contributed by atoms with E-state index < -0.39 is 0 Å². The molecule has 0 unspecified atom stereocenters. The van der Waals surface area contributed by atoms with Crippen molar-refractivity contribution < 1.29 is 14.7 Å². The summed E-state index contributed by atoms with van der Waals surface area (Å²) < 4.78 is 0. The van der Waals surface area contributed by atoms with Crippen LogP contribution in [0.2, 0.25) is 0 Å². The van der Waals surface area contributed by atoms with E-state index in [2.05, 4.69) is 34.1 Å². The maximum Gasteiger partial charge on any atom is 0.253 e. The van der Waals surface area contributed by atoms with Crippen molar-refractivity contribution in [2.45, 2.75) is 56.5 Å². The molecule has 1 N–H and O–H groups in total. The third-order valence-corrected chi connectivity index (χ3v) is 8.53. The Morgan fingerprint density at radius 2 is 1.67 bits per heavy atom. The smallest absolute Gasteiger partial charge is 0.253 e. The van der Waals surface area contributed by atoms with Crippen LogP contribution in [0.1, 0.15) is 60.4 Å². The number of rotatable bonds is 5. The summed E-state index contributed by atoms with van der Waals surface area (Å²) >= 11 is 0. The van der Waals surface area contributed by atoms with Gasteiger partial charge in [0.1, 0.15) is 0 Å². The highest BCUT2D eigenvalue weighted by Crippen LogP contribution is 2.42. The average Bonchev–Trinajstić information content (AvgIpc) is 3.42. The SMILES string of the molecule is CN(C)C(=O)c1cccc(-c2ccc([C@H]3[C@@H](CO)N4CCCCN(C(=O)C5CCCC5)C[C@@H]34)cc2)c1. The zero-order valence-corrected chi connectivity index (χ0v) is 21.6. The predicted octanol–water partition coefficient (Wildman–Crippen LogP) is 4.00. The molecule has 0 aromatic heterocycles. The van der Waals surface area contributed by atoms with E-state index in [1.54, 1.807) is 19.0 Å². The van der Waals surface area contributed by atoms with Crippen LogP contribution in [0.15, 0.2) is 48.5 Å². The van der Waals surface area contributed by atoms with E-state index in [4.69, 9.17) is 0 Å². The molecule has 2 aromatic carbocycles. The van der Waals surface area contributed by atoms with Gasteiger partial charge in [-0.1, -0.05) is 49.2 Å². The number of carbonyl (C=O) groups excluding carboxylic acids is 2. The summed E-state index contributed by atoms with van der Waals surface area (Å²) in [6.45, 7) is 2.74. The van der Waals surface area contributed by atoms with Crippen molar-refractivity contribution in [2.24, 2.45) is 5.92 Å². The summed E-state index contributed by atoms with van der Waals surface area (Å²) in [6, 6.07) is 16.7. The Balaban J connectivity index is 1.36. The minimum absolute atomic E-state index is 0.00481. The van der Waals surface area contributed by atoms with Gasteiger partial charge in [0.05, 0.1) is 6.61 Å². The van der Waals surface area contributed by atoms with Gasteiger partial charge < -0.3 is 14.9 Å². The molecule has 36 heavy (non-hydrogen) atoms. The Hall–Kier alpha value is -2.70. The van der Waals surface area contributed by atoms with E-state index in [9.17, 15) is 14.7 Å². The van der Waals surface area contributed by atoms with Gasteiger partial charge in [0.15, 0.2) is 0 Å². The van der Waals surface area contributed by atoms with Gasteiger partial charge in [0.2, 0.25) is 5.91 Å². The van der Waals surface area contributed by atoms with Gasteiger partial charge in [-0.3, -0.25) is 14.5 Å². The molecule has 0 spiro atoms. The molecule has 6 heteroatoms. The molecule has 5 rings (SSSR count). The van der Waals surface area contributed by atoms with Crippen LogP contribution >= 0.6 is 0 Å². The molecule has 2 heterocycles. The van der Waals surface area contributed by atoms with Crippen LogP contribution in [0.4, 0.5) is 0 Å². The summed E-state index contributed by atoms with van der Waals surface area (Å²) in [7, 11) is 3.53. The molecule has 6 nitrogen and oxygen atoms in total. The molecular weight excluding hydrogens is 450 g/mol. The van der Waals surface area contributed by atoms with E-state index in [0.717, 1.165) is 56.4 Å². The van der Waals surface area contributed by atoms with Gasteiger partial charge in [-0.15, -0.1) is 0 Å². The Labute approximate surface area is 214 Å². The number of aliphatic hydroxyl groups excluding tert-OH is 1. The van der Waals surface area contributed by atoms with Crippen LogP contribution in [0, 0.1) is 5.92 Å². The number of carbonyl (C=O) groups is 2. The number of amides is 2. The standard InChI is InChI=1S/C30H39N3O3/c1-31(2)29(35)25-11-7-10-24(18-25)21-12-14-22(15-13-21)28-26-19-32(30(36)23-8-3-4-9-23)16-5-6-17-33(26)27(28)20-34/h7,10-15,18,23,26-28,34H,3-6,8-9,16-17,19-20H2,1-2H3/t26-,27+,28+/m0/s1.